The number of aromatic nitrogens is 3. The fourth-order valence-corrected chi connectivity index (χ4v) is 5.36. The van der Waals surface area contributed by atoms with Gasteiger partial charge in [-0.15, -0.1) is 0 Å². The number of hydrogen-bond donors (Lipinski definition) is 2. The van der Waals surface area contributed by atoms with Crippen molar-refractivity contribution in [2.75, 3.05) is 44.4 Å². The monoisotopic (exact) mass is 499 g/mol. The van der Waals surface area contributed by atoms with Gasteiger partial charge in [0, 0.05) is 42.8 Å². The van der Waals surface area contributed by atoms with Crippen molar-refractivity contribution in [3.05, 3.63) is 41.8 Å². The first-order valence-corrected chi connectivity index (χ1v) is 13.8. The predicted octanol–water partition coefficient (Wildman–Crippen LogP) is 2.30. The van der Waals surface area contributed by atoms with Crippen LogP contribution in [0.2, 0.25) is 0 Å². The number of anilines is 1. The number of ether oxygens (including phenoxy) is 1. The number of benzene rings is 1. The topological polar surface area (TPSA) is 114 Å². The zero-order valence-electron chi connectivity index (χ0n) is 20.7. The Morgan fingerprint density at radius 3 is 2.80 bits per heavy atom. The second kappa shape index (κ2) is 10.3. The van der Waals surface area contributed by atoms with Crippen LogP contribution in [0, 0.1) is 13.8 Å². The molecule has 1 aliphatic heterocycles. The molecule has 2 aromatic heterocycles. The van der Waals surface area contributed by atoms with Crippen molar-refractivity contribution in [2.24, 2.45) is 0 Å². The van der Waals surface area contributed by atoms with E-state index in [9.17, 15) is 9.32 Å². The second-order valence-corrected chi connectivity index (χ2v) is 11.9. The lowest BCUT2D eigenvalue weighted by atomic mass is 10.1. The Kier molecular flexibility index (Phi) is 7.44. The summed E-state index contributed by atoms with van der Waals surface area (Å²) in [6.07, 6.45) is 1.91. The fourth-order valence-electron chi connectivity index (χ4n) is 4.26. The van der Waals surface area contributed by atoms with E-state index in [0.717, 1.165) is 35.6 Å². The molecule has 1 aliphatic rings. The van der Waals surface area contributed by atoms with Crippen LogP contribution in [0.15, 0.2) is 34.9 Å². The molecular weight excluding hydrogens is 466 g/mol. The summed E-state index contributed by atoms with van der Waals surface area (Å²) in [4.78, 5) is 11.9. The molecule has 3 atom stereocenters. The van der Waals surface area contributed by atoms with Gasteiger partial charge in [0.1, 0.15) is 30.0 Å². The molecule has 1 fully saturated rings. The summed E-state index contributed by atoms with van der Waals surface area (Å²) in [5.41, 5.74) is 3.09. The molecule has 9 nitrogen and oxygen atoms in total. The molecule has 2 unspecified atom stereocenters. The molecule has 0 radical (unpaired) electrons. The molecule has 0 amide bonds. The van der Waals surface area contributed by atoms with Gasteiger partial charge >= 0.3 is 0 Å². The first-order chi connectivity index (χ1) is 16.7. The number of aryl methyl sites for hydroxylation is 2. The molecule has 0 bridgehead atoms. The molecule has 10 heteroatoms. The van der Waals surface area contributed by atoms with Gasteiger partial charge in [-0.25, -0.2) is 9.97 Å². The largest absolute Gasteiger partial charge is 0.491 e. The average molecular weight is 500 g/mol. The van der Waals surface area contributed by atoms with Crippen molar-refractivity contribution in [3.63, 3.8) is 0 Å². The molecule has 3 heterocycles. The van der Waals surface area contributed by atoms with Crippen LogP contribution in [-0.4, -0.2) is 81.2 Å². The van der Waals surface area contributed by atoms with Crippen molar-refractivity contribution in [2.45, 2.75) is 31.6 Å². The maximum Gasteiger partial charge on any atom is 0.162 e. The van der Waals surface area contributed by atoms with Crippen molar-refractivity contribution in [3.8, 4) is 28.4 Å². The first kappa shape index (κ1) is 25.2. The normalized spacial score (nSPS) is 18.4. The van der Waals surface area contributed by atoms with Crippen LogP contribution >= 0.6 is 0 Å². The van der Waals surface area contributed by atoms with Crippen molar-refractivity contribution >= 4 is 21.2 Å². The van der Waals surface area contributed by atoms with E-state index >= 15 is 0 Å². The van der Waals surface area contributed by atoms with E-state index in [1.165, 1.54) is 0 Å². The molecule has 0 spiro atoms. The van der Waals surface area contributed by atoms with Gasteiger partial charge in [0.2, 0.25) is 0 Å². The maximum absolute atomic E-state index is 12.6. The summed E-state index contributed by atoms with van der Waals surface area (Å²) in [6, 6.07) is 9.44. The number of aliphatic hydroxyl groups is 1. The highest BCUT2D eigenvalue weighted by Crippen LogP contribution is 2.32. The third kappa shape index (κ3) is 5.83. The maximum atomic E-state index is 12.6. The number of hydrogen-bond acceptors (Lipinski definition) is 9. The molecule has 1 saturated heterocycles. The highest BCUT2D eigenvalue weighted by atomic mass is 32.2. The predicted molar refractivity (Wildman–Crippen MR) is 140 cm³/mol. The Morgan fingerprint density at radius 2 is 2.14 bits per heavy atom. The fraction of sp³-hybridized carbons (Fsp3) is 0.440. The third-order valence-electron chi connectivity index (χ3n) is 6.15. The molecule has 188 valence electrons. The SMILES string of the molecule is C=S(C)(=O)[C@H]1CCN(c2cc(-c3c(C)noc3C)nc(-c3cccc(OCC(O)CNC)c3)n2)C1. The Bertz CT molecular complexity index is 1270. The van der Waals surface area contributed by atoms with Gasteiger partial charge < -0.3 is 24.6 Å². The molecule has 0 saturated carbocycles. The molecule has 0 aliphatic carbocycles. The van der Waals surface area contributed by atoms with Crippen molar-refractivity contribution in [1.29, 1.82) is 0 Å². The third-order valence-corrected chi connectivity index (χ3v) is 7.95. The standard InChI is InChI=1S/C25H33N5O4S/c1-16-24(17(2)34-29-16)22-12-23(30-10-9-21(14-30)35(4,5)32)28-25(27-22)18-7-6-8-20(11-18)33-15-19(31)13-26-3/h6-8,11-12,19,21,26,31H,4,9-10,13-15H2,1-3,5H3/t19?,21-,35?/m0/s1. The molecular formula is C25H33N5O4S. The number of nitrogens with one attached hydrogen (secondary N) is 1. The van der Waals surface area contributed by atoms with Gasteiger partial charge in [-0.1, -0.05) is 17.3 Å². The lowest BCUT2D eigenvalue weighted by molar-refractivity contribution is 0.108. The van der Waals surface area contributed by atoms with Gasteiger partial charge in [0.15, 0.2) is 5.82 Å². The summed E-state index contributed by atoms with van der Waals surface area (Å²) < 4.78 is 23.7. The van der Waals surface area contributed by atoms with Crippen LogP contribution in [0.5, 0.6) is 5.75 Å². The molecule has 1 aromatic carbocycles. The zero-order valence-corrected chi connectivity index (χ0v) is 21.5. The smallest absolute Gasteiger partial charge is 0.162 e. The summed E-state index contributed by atoms with van der Waals surface area (Å²) in [6.45, 7) is 5.74. The number of rotatable bonds is 9. The van der Waals surface area contributed by atoms with E-state index in [0.29, 0.717) is 36.1 Å². The first-order valence-electron chi connectivity index (χ1n) is 11.6. The Balaban J connectivity index is 1.71. The molecule has 2 N–H and O–H groups in total. The number of likely N-dealkylation sites (N-methyl/N-ethyl adjacent to an activating group) is 1. The van der Waals surface area contributed by atoms with Crippen LogP contribution in [-0.2, 0) is 9.52 Å². The van der Waals surface area contributed by atoms with E-state index in [2.05, 4.69) is 21.2 Å². The molecule has 3 aromatic rings. The number of aliphatic hydroxyl groups excluding tert-OH is 1. The minimum Gasteiger partial charge on any atom is -0.491 e. The highest BCUT2D eigenvalue weighted by Gasteiger charge is 2.29. The Hall–Kier alpha value is -2.95. The van der Waals surface area contributed by atoms with E-state index < -0.39 is 15.6 Å². The Labute approximate surface area is 206 Å². The summed E-state index contributed by atoms with van der Waals surface area (Å²) >= 11 is 0. The quantitative estimate of drug-likeness (QED) is 0.428. The minimum absolute atomic E-state index is 0.0178. The van der Waals surface area contributed by atoms with Crippen LogP contribution in [0.1, 0.15) is 17.9 Å². The summed E-state index contributed by atoms with van der Waals surface area (Å²) in [5.74, 6) is 6.49. The molecule has 4 rings (SSSR count). The summed E-state index contributed by atoms with van der Waals surface area (Å²) in [5, 5.41) is 17.0. The van der Waals surface area contributed by atoms with Gasteiger partial charge in [-0.2, -0.15) is 0 Å². The van der Waals surface area contributed by atoms with Crippen molar-refractivity contribution < 1.29 is 18.6 Å². The van der Waals surface area contributed by atoms with Crippen LogP contribution in [0.3, 0.4) is 0 Å². The van der Waals surface area contributed by atoms with E-state index in [1.807, 2.05) is 44.2 Å². The van der Waals surface area contributed by atoms with Gasteiger partial charge in [-0.3, -0.25) is 4.21 Å². The van der Waals surface area contributed by atoms with Crippen LogP contribution in [0.25, 0.3) is 22.6 Å². The van der Waals surface area contributed by atoms with Gasteiger partial charge in [-0.05, 0) is 54.8 Å². The second-order valence-electron chi connectivity index (χ2n) is 9.11. The molecule has 35 heavy (non-hydrogen) atoms. The van der Waals surface area contributed by atoms with Crippen molar-refractivity contribution in [1.82, 2.24) is 20.4 Å². The number of nitrogens with zero attached hydrogens (tertiary/aromatic N) is 4. The average Bonchev–Trinajstić information content (AvgIpc) is 3.45. The minimum atomic E-state index is -2.15. The lowest BCUT2D eigenvalue weighted by Gasteiger charge is -2.20. The lowest BCUT2D eigenvalue weighted by Crippen LogP contribution is -2.29. The van der Waals surface area contributed by atoms with Gasteiger partial charge in [0.25, 0.3) is 0 Å². The van der Waals surface area contributed by atoms with E-state index in [1.54, 1.807) is 13.3 Å². The van der Waals surface area contributed by atoms with E-state index in [-0.39, 0.29) is 11.9 Å². The highest BCUT2D eigenvalue weighted by molar-refractivity contribution is 8.00. The van der Waals surface area contributed by atoms with Gasteiger partial charge in [0.05, 0.1) is 17.0 Å². The van der Waals surface area contributed by atoms with Crippen LogP contribution in [0.4, 0.5) is 5.82 Å². The summed E-state index contributed by atoms with van der Waals surface area (Å²) in [7, 11) is -0.366. The van der Waals surface area contributed by atoms with E-state index in [4.69, 9.17) is 19.2 Å². The zero-order chi connectivity index (χ0) is 25.2. The Morgan fingerprint density at radius 1 is 1.34 bits per heavy atom. The van der Waals surface area contributed by atoms with Crippen LogP contribution < -0.4 is 15.0 Å².